The number of benzene rings is 1. The minimum Gasteiger partial charge on any atom is -0.360 e. The van der Waals surface area contributed by atoms with Gasteiger partial charge in [0.05, 0.1) is 0 Å². The number of nitrogens with one attached hydrogen (secondary N) is 1. The molecule has 0 radical (unpaired) electrons. The van der Waals surface area contributed by atoms with Crippen molar-refractivity contribution in [3.05, 3.63) is 41.7 Å². The Balaban J connectivity index is 1.56. The minimum atomic E-state index is -0.107. The molecule has 2 heterocycles. The molecule has 1 aliphatic heterocycles. The molecule has 1 fully saturated rings. The molecule has 3 rings (SSSR count). The van der Waals surface area contributed by atoms with Gasteiger partial charge in [0.1, 0.15) is 17.0 Å². The summed E-state index contributed by atoms with van der Waals surface area (Å²) in [5.74, 6) is 0.449. The number of piperidine rings is 1. The van der Waals surface area contributed by atoms with Crippen molar-refractivity contribution < 1.29 is 9.32 Å². The average molecular weight is 341 g/mol. The van der Waals surface area contributed by atoms with Crippen LogP contribution in [0.1, 0.15) is 48.7 Å². The van der Waals surface area contributed by atoms with Gasteiger partial charge in [-0.15, -0.1) is 0 Å². The van der Waals surface area contributed by atoms with Crippen molar-refractivity contribution in [2.45, 2.75) is 45.6 Å². The van der Waals surface area contributed by atoms with Crippen LogP contribution in [-0.2, 0) is 0 Å². The summed E-state index contributed by atoms with van der Waals surface area (Å²) in [5, 5.41) is 7.10. The number of nitrogens with zero attached hydrogens (tertiary/aromatic N) is 2. The third kappa shape index (κ3) is 4.28. The number of carbonyl (C=O) groups excluding carboxylic acids is 1. The second-order valence-electron chi connectivity index (χ2n) is 6.82. The largest absolute Gasteiger partial charge is 0.360 e. The minimum absolute atomic E-state index is 0.107. The van der Waals surface area contributed by atoms with Crippen LogP contribution in [0, 0.1) is 6.92 Å². The van der Waals surface area contributed by atoms with Gasteiger partial charge in [0.2, 0.25) is 0 Å². The number of hydrogen-bond acceptors (Lipinski definition) is 4. The van der Waals surface area contributed by atoms with E-state index in [-0.39, 0.29) is 5.91 Å². The highest BCUT2D eigenvalue weighted by Gasteiger charge is 2.21. The van der Waals surface area contributed by atoms with Gasteiger partial charge in [-0.1, -0.05) is 41.9 Å². The molecule has 1 aromatic carbocycles. The molecule has 5 nitrogen and oxygen atoms in total. The SMILES string of the molecule is Cc1onc(-c2ccccc2)c1C(=O)NCCCN1CCCC[C@H]1C. The van der Waals surface area contributed by atoms with E-state index in [2.05, 4.69) is 22.3 Å². The van der Waals surface area contributed by atoms with Crippen molar-refractivity contribution >= 4 is 5.91 Å². The lowest BCUT2D eigenvalue weighted by Gasteiger charge is -2.33. The Morgan fingerprint density at radius 2 is 2.12 bits per heavy atom. The highest BCUT2D eigenvalue weighted by Crippen LogP contribution is 2.24. The zero-order valence-corrected chi connectivity index (χ0v) is 15.1. The van der Waals surface area contributed by atoms with Gasteiger partial charge in [-0.3, -0.25) is 4.79 Å². The number of aromatic nitrogens is 1. The van der Waals surface area contributed by atoms with Gasteiger partial charge in [0.15, 0.2) is 0 Å². The number of rotatable bonds is 6. The summed E-state index contributed by atoms with van der Waals surface area (Å²) in [6.45, 7) is 6.96. The Bertz CT molecular complexity index is 696. The summed E-state index contributed by atoms with van der Waals surface area (Å²) < 4.78 is 5.27. The fourth-order valence-electron chi connectivity index (χ4n) is 3.49. The maximum absolute atomic E-state index is 12.6. The molecule has 0 spiro atoms. The van der Waals surface area contributed by atoms with Gasteiger partial charge in [0, 0.05) is 24.7 Å². The monoisotopic (exact) mass is 341 g/mol. The van der Waals surface area contributed by atoms with E-state index in [4.69, 9.17) is 4.52 Å². The first-order valence-corrected chi connectivity index (χ1v) is 9.20. The molecule has 1 aliphatic rings. The Kier molecular flexibility index (Phi) is 5.87. The van der Waals surface area contributed by atoms with Crippen molar-refractivity contribution in [2.75, 3.05) is 19.6 Å². The third-order valence-electron chi connectivity index (χ3n) is 4.99. The van der Waals surface area contributed by atoms with E-state index in [0.29, 0.717) is 29.6 Å². The zero-order valence-electron chi connectivity index (χ0n) is 15.1. The number of carbonyl (C=O) groups is 1. The number of hydrogen-bond donors (Lipinski definition) is 1. The molecule has 0 unspecified atom stereocenters. The predicted octanol–water partition coefficient (Wildman–Crippen LogP) is 3.64. The summed E-state index contributed by atoms with van der Waals surface area (Å²) in [6, 6.07) is 10.3. The first kappa shape index (κ1) is 17.7. The first-order valence-electron chi connectivity index (χ1n) is 9.20. The Morgan fingerprint density at radius 3 is 2.88 bits per heavy atom. The van der Waals surface area contributed by atoms with Crippen LogP contribution in [0.4, 0.5) is 0 Å². The lowest BCUT2D eigenvalue weighted by molar-refractivity contribution is 0.0948. The van der Waals surface area contributed by atoms with Crippen molar-refractivity contribution in [1.29, 1.82) is 0 Å². The standard InChI is InChI=1S/C20H27N3O2/c1-15-9-6-7-13-23(15)14-8-12-21-20(24)18-16(2)25-22-19(18)17-10-4-3-5-11-17/h3-5,10-11,15H,6-9,12-14H2,1-2H3,(H,21,24)/t15-/m1/s1. The van der Waals surface area contributed by atoms with Gasteiger partial charge < -0.3 is 14.7 Å². The summed E-state index contributed by atoms with van der Waals surface area (Å²) >= 11 is 0. The average Bonchev–Trinajstić information content (AvgIpc) is 3.02. The second kappa shape index (κ2) is 8.30. The summed E-state index contributed by atoms with van der Waals surface area (Å²) in [5.41, 5.74) is 2.05. The Hall–Kier alpha value is -2.14. The molecule has 134 valence electrons. The first-order chi connectivity index (χ1) is 12.2. The quantitative estimate of drug-likeness (QED) is 0.815. The van der Waals surface area contributed by atoms with E-state index < -0.39 is 0 Å². The van der Waals surface area contributed by atoms with E-state index in [0.717, 1.165) is 18.5 Å². The van der Waals surface area contributed by atoms with Crippen LogP contribution in [0.3, 0.4) is 0 Å². The molecule has 1 saturated heterocycles. The third-order valence-corrected chi connectivity index (χ3v) is 4.99. The normalized spacial score (nSPS) is 18.2. The smallest absolute Gasteiger partial charge is 0.257 e. The van der Waals surface area contributed by atoms with E-state index in [1.807, 2.05) is 30.3 Å². The maximum atomic E-state index is 12.6. The van der Waals surface area contributed by atoms with Crippen LogP contribution >= 0.6 is 0 Å². The number of likely N-dealkylation sites (tertiary alicyclic amines) is 1. The van der Waals surface area contributed by atoms with Crippen LogP contribution in [0.25, 0.3) is 11.3 Å². The number of amides is 1. The molecule has 0 saturated carbocycles. The molecule has 1 N–H and O–H groups in total. The highest BCUT2D eigenvalue weighted by atomic mass is 16.5. The molecular weight excluding hydrogens is 314 g/mol. The van der Waals surface area contributed by atoms with Gasteiger partial charge in [-0.2, -0.15) is 0 Å². The maximum Gasteiger partial charge on any atom is 0.257 e. The predicted molar refractivity (Wildman–Crippen MR) is 98.5 cm³/mol. The fourth-order valence-corrected chi connectivity index (χ4v) is 3.49. The van der Waals surface area contributed by atoms with Crippen LogP contribution in [-0.4, -0.2) is 41.6 Å². The van der Waals surface area contributed by atoms with E-state index >= 15 is 0 Å². The van der Waals surface area contributed by atoms with Crippen LogP contribution in [0.2, 0.25) is 0 Å². The molecule has 0 aliphatic carbocycles. The zero-order chi connectivity index (χ0) is 17.6. The summed E-state index contributed by atoms with van der Waals surface area (Å²) in [6.07, 6.45) is 4.87. The summed E-state index contributed by atoms with van der Waals surface area (Å²) in [7, 11) is 0. The molecule has 1 aromatic heterocycles. The van der Waals surface area contributed by atoms with Crippen LogP contribution in [0.15, 0.2) is 34.9 Å². The molecule has 5 heteroatoms. The van der Waals surface area contributed by atoms with E-state index in [1.165, 1.54) is 25.8 Å². The summed E-state index contributed by atoms with van der Waals surface area (Å²) in [4.78, 5) is 15.1. The van der Waals surface area contributed by atoms with Crippen molar-refractivity contribution in [2.24, 2.45) is 0 Å². The van der Waals surface area contributed by atoms with Crippen molar-refractivity contribution in [3.8, 4) is 11.3 Å². The lowest BCUT2D eigenvalue weighted by atomic mass is 10.0. The van der Waals surface area contributed by atoms with Gasteiger partial charge in [-0.05, 0) is 39.7 Å². The van der Waals surface area contributed by atoms with Crippen molar-refractivity contribution in [3.63, 3.8) is 0 Å². The second-order valence-corrected chi connectivity index (χ2v) is 6.82. The lowest BCUT2D eigenvalue weighted by Crippen LogP contribution is -2.39. The van der Waals surface area contributed by atoms with Crippen LogP contribution < -0.4 is 5.32 Å². The number of aryl methyl sites for hydroxylation is 1. The van der Waals surface area contributed by atoms with E-state index in [1.54, 1.807) is 6.92 Å². The molecule has 2 aromatic rings. The van der Waals surface area contributed by atoms with Gasteiger partial charge in [-0.25, -0.2) is 0 Å². The Morgan fingerprint density at radius 1 is 1.32 bits per heavy atom. The van der Waals surface area contributed by atoms with Crippen molar-refractivity contribution in [1.82, 2.24) is 15.4 Å². The Labute approximate surface area is 149 Å². The molecule has 1 atom stereocenters. The van der Waals surface area contributed by atoms with Gasteiger partial charge >= 0.3 is 0 Å². The molecule has 1 amide bonds. The molecular formula is C20H27N3O2. The topological polar surface area (TPSA) is 58.4 Å². The molecule has 25 heavy (non-hydrogen) atoms. The van der Waals surface area contributed by atoms with Gasteiger partial charge in [0.25, 0.3) is 5.91 Å². The van der Waals surface area contributed by atoms with E-state index in [9.17, 15) is 4.79 Å². The highest BCUT2D eigenvalue weighted by molar-refractivity contribution is 6.00. The van der Waals surface area contributed by atoms with Crippen LogP contribution in [0.5, 0.6) is 0 Å². The molecule has 0 bridgehead atoms. The fraction of sp³-hybridized carbons (Fsp3) is 0.500.